The molecule has 41 heavy (non-hydrogen) atoms. The highest BCUT2D eigenvalue weighted by molar-refractivity contribution is 6.25. The molecule has 7 nitrogen and oxygen atoms in total. The molecule has 0 unspecified atom stereocenters. The highest BCUT2D eigenvalue weighted by Crippen LogP contribution is 2.35. The highest BCUT2D eigenvalue weighted by Gasteiger charge is 2.25. The minimum absolute atomic E-state index is 0.0866. The number of rotatable bonds is 4. The lowest BCUT2D eigenvalue weighted by Gasteiger charge is -2.14. The summed E-state index contributed by atoms with van der Waals surface area (Å²) >= 11 is 0. The Morgan fingerprint density at radius 2 is 0.854 bits per heavy atom. The van der Waals surface area contributed by atoms with Gasteiger partial charge in [-0.15, -0.1) is 0 Å². The Morgan fingerprint density at radius 1 is 0.488 bits per heavy atom. The van der Waals surface area contributed by atoms with Gasteiger partial charge in [-0.3, -0.25) is 0 Å². The van der Waals surface area contributed by atoms with Crippen molar-refractivity contribution >= 4 is 67.0 Å². The number of carboxylic acids is 2. The number of aromatic carboxylic acids is 2. The van der Waals surface area contributed by atoms with Crippen molar-refractivity contribution in [3.8, 4) is 0 Å². The summed E-state index contributed by atoms with van der Waals surface area (Å²) in [7, 11) is 0. The van der Waals surface area contributed by atoms with Crippen LogP contribution in [0.1, 0.15) is 52.6 Å². The van der Waals surface area contributed by atoms with Gasteiger partial charge in [0, 0.05) is 10.8 Å². The zero-order valence-electron chi connectivity index (χ0n) is 22.0. The molecule has 0 radical (unpaired) electrons. The van der Waals surface area contributed by atoms with E-state index in [0.717, 1.165) is 32.7 Å². The van der Waals surface area contributed by atoms with Crippen molar-refractivity contribution in [3.63, 3.8) is 0 Å². The fraction of sp³-hybridized carbons (Fsp3) is 0.0588. The van der Waals surface area contributed by atoms with Crippen LogP contribution < -0.4 is 0 Å². The second-order valence-electron chi connectivity index (χ2n) is 9.93. The van der Waals surface area contributed by atoms with Gasteiger partial charge in [-0.2, -0.15) is 0 Å². The first kappa shape index (κ1) is 25.7. The first-order chi connectivity index (χ1) is 19.7. The van der Waals surface area contributed by atoms with Gasteiger partial charge in [0.15, 0.2) is 0 Å². The first-order valence-electron chi connectivity index (χ1n) is 12.8. The van der Waals surface area contributed by atoms with Crippen LogP contribution in [0.2, 0.25) is 0 Å². The molecule has 2 N–H and O–H groups in total. The molecule has 0 saturated heterocycles. The maximum atomic E-state index is 13.5. The maximum Gasteiger partial charge on any atom is 0.346 e. The maximum absolute atomic E-state index is 13.5. The number of esters is 2. The molecule has 7 heteroatoms. The molecule has 0 bridgehead atoms. The molecule has 0 aliphatic heterocycles. The van der Waals surface area contributed by atoms with Crippen LogP contribution in [0, 0.1) is 13.8 Å². The standard InChI is InChI=1S/C34H22O7/c1-17-7-3-9-19-21-11-5-13-23(29(21)27(31(35)36)15-25(17)19)33(39)41-34(40)24-14-6-12-22-20-10-4-8-18(2)26(20)16-28(30(22)24)32(37)38/h3-16H,1-2H3,(H,35,36)(H,37,38). The van der Waals surface area contributed by atoms with Gasteiger partial charge in [0.05, 0.1) is 22.3 Å². The van der Waals surface area contributed by atoms with Crippen LogP contribution >= 0.6 is 0 Å². The second-order valence-corrected chi connectivity index (χ2v) is 9.93. The number of benzene rings is 6. The van der Waals surface area contributed by atoms with Crippen molar-refractivity contribution in [2.24, 2.45) is 0 Å². The van der Waals surface area contributed by atoms with Crippen molar-refractivity contribution < 1.29 is 34.1 Å². The van der Waals surface area contributed by atoms with Crippen molar-refractivity contribution in [3.05, 3.63) is 118 Å². The third kappa shape index (κ3) is 4.06. The lowest BCUT2D eigenvalue weighted by atomic mass is 9.92. The van der Waals surface area contributed by atoms with Gasteiger partial charge in [0.2, 0.25) is 0 Å². The molecule has 0 fully saturated rings. The van der Waals surface area contributed by atoms with Crippen molar-refractivity contribution in [1.29, 1.82) is 0 Å². The van der Waals surface area contributed by atoms with Crippen molar-refractivity contribution in [2.75, 3.05) is 0 Å². The lowest BCUT2D eigenvalue weighted by Crippen LogP contribution is -2.15. The summed E-state index contributed by atoms with van der Waals surface area (Å²) in [6.07, 6.45) is 0. The third-order valence-electron chi connectivity index (χ3n) is 7.56. The summed E-state index contributed by atoms with van der Waals surface area (Å²) in [5, 5.41) is 24.4. The average Bonchev–Trinajstić information content (AvgIpc) is 2.95. The molecule has 6 rings (SSSR count). The summed E-state index contributed by atoms with van der Waals surface area (Å²) in [6, 6.07) is 23.6. The van der Waals surface area contributed by atoms with Gasteiger partial charge in [-0.25, -0.2) is 19.2 Å². The van der Waals surface area contributed by atoms with Crippen LogP contribution in [-0.2, 0) is 4.74 Å². The molecule has 0 aromatic heterocycles. The van der Waals surface area contributed by atoms with Crippen LogP contribution in [0.4, 0.5) is 0 Å². The van der Waals surface area contributed by atoms with E-state index in [-0.39, 0.29) is 33.0 Å². The molecule has 0 aliphatic rings. The molecule has 0 spiro atoms. The summed E-state index contributed by atoms with van der Waals surface area (Å²) in [4.78, 5) is 51.5. The predicted molar refractivity (Wildman–Crippen MR) is 156 cm³/mol. The Balaban J connectivity index is 1.51. The normalized spacial score (nSPS) is 11.3. The molecule has 0 saturated carbocycles. The number of aryl methyl sites for hydroxylation is 2. The minimum atomic E-state index is -1.23. The van der Waals surface area contributed by atoms with Gasteiger partial charge in [-0.05, 0) is 81.6 Å². The molecular weight excluding hydrogens is 520 g/mol. The minimum Gasteiger partial charge on any atom is -0.478 e. The number of hydrogen-bond donors (Lipinski definition) is 2. The monoisotopic (exact) mass is 542 g/mol. The zero-order valence-corrected chi connectivity index (χ0v) is 22.0. The predicted octanol–water partition coefficient (Wildman–Crippen LogP) is 7.31. The second kappa shape index (κ2) is 9.57. The fourth-order valence-corrected chi connectivity index (χ4v) is 5.65. The highest BCUT2D eigenvalue weighted by atomic mass is 16.6. The Bertz CT molecular complexity index is 1990. The van der Waals surface area contributed by atoms with Gasteiger partial charge < -0.3 is 14.9 Å². The number of fused-ring (bicyclic) bond motifs is 6. The quantitative estimate of drug-likeness (QED) is 0.136. The summed E-state index contributed by atoms with van der Waals surface area (Å²) in [6.45, 7) is 3.74. The van der Waals surface area contributed by atoms with E-state index in [1.807, 2.05) is 50.2 Å². The van der Waals surface area contributed by atoms with E-state index < -0.39 is 23.9 Å². The smallest absolute Gasteiger partial charge is 0.346 e. The van der Waals surface area contributed by atoms with E-state index in [2.05, 4.69) is 0 Å². The Morgan fingerprint density at radius 3 is 1.24 bits per heavy atom. The van der Waals surface area contributed by atoms with E-state index in [1.54, 1.807) is 24.3 Å². The van der Waals surface area contributed by atoms with Crippen LogP contribution in [0.15, 0.2) is 84.9 Å². The van der Waals surface area contributed by atoms with Crippen molar-refractivity contribution in [1.82, 2.24) is 0 Å². The van der Waals surface area contributed by atoms with Crippen LogP contribution in [-0.4, -0.2) is 34.1 Å². The zero-order chi connectivity index (χ0) is 29.0. The third-order valence-corrected chi connectivity index (χ3v) is 7.56. The Hall–Kier alpha value is -5.56. The molecule has 6 aromatic rings. The van der Waals surface area contributed by atoms with Crippen LogP contribution in [0.5, 0.6) is 0 Å². The van der Waals surface area contributed by atoms with Gasteiger partial charge >= 0.3 is 23.9 Å². The van der Waals surface area contributed by atoms with E-state index >= 15 is 0 Å². The van der Waals surface area contributed by atoms with E-state index in [1.165, 1.54) is 24.3 Å². The molecule has 0 atom stereocenters. The average molecular weight is 543 g/mol. The summed E-state index contributed by atoms with van der Waals surface area (Å²) in [5.41, 5.74) is 1.39. The van der Waals surface area contributed by atoms with E-state index in [4.69, 9.17) is 4.74 Å². The number of carbonyl (C=O) groups excluding carboxylic acids is 2. The number of ether oxygens (including phenoxy) is 1. The van der Waals surface area contributed by atoms with Crippen LogP contribution in [0.3, 0.4) is 0 Å². The number of carboxylic acid groups (broad SMARTS) is 2. The van der Waals surface area contributed by atoms with Crippen molar-refractivity contribution in [2.45, 2.75) is 13.8 Å². The number of carbonyl (C=O) groups is 4. The van der Waals surface area contributed by atoms with Gasteiger partial charge in [0.25, 0.3) is 0 Å². The van der Waals surface area contributed by atoms with Crippen LogP contribution in [0.25, 0.3) is 43.1 Å². The number of hydrogen-bond acceptors (Lipinski definition) is 5. The molecule has 0 aliphatic carbocycles. The Kier molecular flexibility index (Phi) is 6.00. The SMILES string of the molecule is Cc1cccc2c1cc(C(=O)O)c1c(C(=O)OC(=O)c3cccc4c3c(C(=O)O)cc3c(C)cccc34)cccc12. The largest absolute Gasteiger partial charge is 0.478 e. The van der Waals surface area contributed by atoms with E-state index in [9.17, 15) is 29.4 Å². The fourth-order valence-electron chi connectivity index (χ4n) is 5.65. The molecule has 0 heterocycles. The molecular formula is C34H22O7. The molecule has 0 amide bonds. The molecule has 6 aromatic carbocycles. The van der Waals surface area contributed by atoms with Gasteiger partial charge in [-0.1, -0.05) is 60.7 Å². The van der Waals surface area contributed by atoms with Gasteiger partial charge in [0.1, 0.15) is 0 Å². The van der Waals surface area contributed by atoms with E-state index in [0.29, 0.717) is 10.8 Å². The molecule has 200 valence electrons. The lowest BCUT2D eigenvalue weighted by molar-refractivity contribution is 0.0400. The summed E-state index contributed by atoms with van der Waals surface area (Å²) in [5.74, 6) is -4.54. The Labute approximate surface area is 233 Å². The first-order valence-corrected chi connectivity index (χ1v) is 12.8. The summed E-state index contributed by atoms with van der Waals surface area (Å²) < 4.78 is 5.32. The topological polar surface area (TPSA) is 118 Å².